The number of carbonyl (C=O) groups is 1. The van der Waals surface area contributed by atoms with Gasteiger partial charge in [0.1, 0.15) is 6.61 Å². The lowest BCUT2D eigenvalue weighted by Crippen LogP contribution is -2.07. The molecule has 2 heteroatoms. The Hall–Kier alpha value is -1.05. The van der Waals surface area contributed by atoms with E-state index < -0.39 is 0 Å². The van der Waals surface area contributed by atoms with Gasteiger partial charge in [-0.25, -0.2) is 4.79 Å². The number of ether oxygens (including phenoxy) is 1. The average Bonchev–Trinajstić information content (AvgIpc) is 2.68. The van der Waals surface area contributed by atoms with Crippen LogP contribution in [0, 0.1) is 23.2 Å². The lowest BCUT2D eigenvalue weighted by atomic mass is 9.88. The maximum absolute atomic E-state index is 11.7. The highest BCUT2D eigenvalue weighted by molar-refractivity contribution is 5.91. The van der Waals surface area contributed by atoms with Crippen LogP contribution in [-0.2, 0) is 9.53 Å². The molecule has 0 amide bonds. The number of cyclic esters (lactones) is 1. The van der Waals surface area contributed by atoms with Gasteiger partial charge in [-0.05, 0) is 37.0 Å². The molecule has 1 aliphatic heterocycles. The molecule has 1 heterocycles. The van der Waals surface area contributed by atoms with Gasteiger partial charge in [0.15, 0.2) is 0 Å². The Bertz CT molecular complexity index is 428. The van der Waals surface area contributed by atoms with Gasteiger partial charge in [0.25, 0.3) is 0 Å². The highest BCUT2D eigenvalue weighted by Crippen LogP contribution is 2.51. The predicted octanol–water partition coefficient (Wildman–Crippen LogP) is 3.10. The number of carbonyl (C=O) groups excluding carboxylic acids is 1. The summed E-state index contributed by atoms with van der Waals surface area (Å²) in [4.78, 5) is 11.7. The maximum atomic E-state index is 11.7. The Labute approximate surface area is 103 Å². The highest BCUT2D eigenvalue weighted by atomic mass is 16.5. The number of rotatable bonds is 0. The van der Waals surface area contributed by atoms with Crippen LogP contribution in [0.5, 0.6) is 0 Å². The van der Waals surface area contributed by atoms with E-state index in [1.807, 2.05) is 0 Å². The van der Waals surface area contributed by atoms with Gasteiger partial charge in [-0.2, -0.15) is 0 Å². The van der Waals surface area contributed by atoms with E-state index in [1.165, 1.54) is 18.4 Å². The first-order chi connectivity index (χ1) is 7.96. The third-order valence-electron chi connectivity index (χ3n) is 4.55. The lowest BCUT2D eigenvalue weighted by Gasteiger charge is -2.17. The van der Waals surface area contributed by atoms with E-state index >= 15 is 0 Å². The minimum absolute atomic E-state index is 0.0931. The van der Waals surface area contributed by atoms with Crippen molar-refractivity contribution in [3.8, 4) is 0 Å². The van der Waals surface area contributed by atoms with Crippen molar-refractivity contribution in [2.75, 3.05) is 6.61 Å². The molecule has 2 nitrogen and oxygen atoms in total. The summed E-state index contributed by atoms with van der Waals surface area (Å²) < 4.78 is 5.15. The summed E-state index contributed by atoms with van der Waals surface area (Å²) in [6, 6.07) is 0. The summed E-state index contributed by atoms with van der Waals surface area (Å²) in [5.41, 5.74) is 2.77. The normalized spacial score (nSPS) is 38.8. The Morgan fingerprint density at radius 2 is 2.06 bits per heavy atom. The minimum Gasteiger partial charge on any atom is -0.461 e. The Morgan fingerprint density at radius 3 is 2.82 bits per heavy atom. The van der Waals surface area contributed by atoms with E-state index in [2.05, 4.69) is 32.9 Å². The van der Waals surface area contributed by atoms with Crippen molar-refractivity contribution in [2.24, 2.45) is 23.2 Å². The topological polar surface area (TPSA) is 26.3 Å². The Kier molecular flexibility index (Phi) is 2.26. The molecule has 1 saturated carbocycles. The molecule has 1 saturated heterocycles. The van der Waals surface area contributed by atoms with Crippen molar-refractivity contribution in [1.82, 2.24) is 0 Å². The van der Waals surface area contributed by atoms with E-state index in [-0.39, 0.29) is 11.9 Å². The van der Waals surface area contributed by atoms with Gasteiger partial charge < -0.3 is 4.74 Å². The number of esters is 1. The molecule has 0 N–H and O–H groups in total. The Morgan fingerprint density at radius 1 is 1.29 bits per heavy atom. The summed E-state index contributed by atoms with van der Waals surface area (Å²) in [5.74, 6) is 1.29. The molecule has 17 heavy (non-hydrogen) atoms. The summed E-state index contributed by atoms with van der Waals surface area (Å²) >= 11 is 0. The Balaban J connectivity index is 2.00. The van der Waals surface area contributed by atoms with Crippen molar-refractivity contribution in [1.29, 1.82) is 0 Å². The highest BCUT2D eigenvalue weighted by Gasteiger charge is 2.42. The fraction of sp³-hybridized carbons (Fsp3) is 0.667. The third kappa shape index (κ3) is 1.74. The van der Waals surface area contributed by atoms with E-state index in [9.17, 15) is 4.79 Å². The van der Waals surface area contributed by atoms with Crippen molar-refractivity contribution in [3.05, 3.63) is 23.3 Å². The van der Waals surface area contributed by atoms with Gasteiger partial charge in [0.05, 0.1) is 0 Å². The van der Waals surface area contributed by atoms with Crippen LogP contribution in [0.3, 0.4) is 0 Å². The largest absolute Gasteiger partial charge is 0.461 e. The fourth-order valence-electron chi connectivity index (χ4n) is 3.78. The quantitative estimate of drug-likeness (QED) is 0.474. The van der Waals surface area contributed by atoms with Crippen LogP contribution >= 0.6 is 0 Å². The molecule has 0 radical (unpaired) electrons. The van der Waals surface area contributed by atoms with Gasteiger partial charge in [-0.1, -0.05) is 31.6 Å². The monoisotopic (exact) mass is 232 g/mol. The van der Waals surface area contributed by atoms with E-state index in [1.54, 1.807) is 0 Å². The minimum atomic E-state index is -0.0931. The number of hydrogen-bond donors (Lipinski definition) is 0. The van der Waals surface area contributed by atoms with E-state index in [0.29, 0.717) is 23.9 Å². The molecule has 0 spiro atoms. The summed E-state index contributed by atoms with van der Waals surface area (Å²) in [6.07, 6.45) is 6.91. The second-order valence-electron chi connectivity index (χ2n) is 6.58. The van der Waals surface area contributed by atoms with Crippen LogP contribution in [0.15, 0.2) is 23.3 Å². The van der Waals surface area contributed by atoms with Gasteiger partial charge >= 0.3 is 5.97 Å². The van der Waals surface area contributed by atoms with E-state index in [0.717, 1.165) is 5.57 Å². The summed E-state index contributed by atoms with van der Waals surface area (Å²) in [7, 11) is 0. The molecule has 0 aromatic carbocycles. The van der Waals surface area contributed by atoms with Gasteiger partial charge in [0.2, 0.25) is 0 Å². The first-order valence-corrected chi connectivity index (χ1v) is 6.53. The zero-order chi connectivity index (χ0) is 12.2. The molecule has 0 aromatic rings. The van der Waals surface area contributed by atoms with Crippen molar-refractivity contribution in [3.63, 3.8) is 0 Å². The maximum Gasteiger partial charge on any atom is 0.334 e. The van der Waals surface area contributed by atoms with Crippen LogP contribution in [-0.4, -0.2) is 12.6 Å². The summed E-state index contributed by atoms with van der Waals surface area (Å²) in [6.45, 7) is 7.43. The van der Waals surface area contributed by atoms with Crippen LogP contribution in [0.4, 0.5) is 0 Å². The molecular formula is C15H20O2. The van der Waals surface area contributed by atoms with Gasteiger partial charge in [0, 0.05) is 11.5 Å². The SMILES string of the molecule is CC1=C[C@@H]2COC(=O)C2=C[C@@H]2CC(C)(C)C[C@@H]12. The van der Waals surface area contributed by atoms with Crippen molar-refractivity contribution >= 4 is 5.97 Å². The van der Waals surface area contributed by atoms with E-state index in [4.69, 9.17) is 4.74 Å². The molecule has 3 atom stereocenters. The number of fused-ring (bicyclic) bond motifs is 2. The molecule has 3 rings (SSSR count). The first-order valence-electron chi connectivity index (χ1n) is 6.53. The number of hydrogen-bond acceptors (Lipinski definition) is 2. The fourth-order valence-corrected chi connectivity index (χ4v) is 3.78. The second kappa shape index (κ2) is 3.47. The molecular weight excluding hydrogens is 212 g/mol. The lowest BCUT2D eigenvalue weighted by molar-refractivity contribution is -0.135. The van der Waals surface area contributed by atoms with Crippen molar-refractivity contribution in [2.45, 2.75) is 33.6 Å². The van der Waals surface area contributed by atoms with Crippen LogP contribution in [0.2, 0.25) is 0 Å². The van der Waals surface area contributed by atoms with Crippen molar-refractivity contribution < 1.29 is 9.53 Å². The summed E-state index contributed by atoms with van der Waals surface area (Å²) in [5, 5.41) is 0. The van der Waals surface area contributed by atoms with Crippen LogP contribution in [0.1, 0.15) is 33.6 Å². The number of allylic oxidation sites excluding steroid dienone is 2. The molecule has 3 aliphatic rings. The van der Waals surface area contributed by atoms with Crippen LogP contribution in [0.25, 0.3) is 0 Å². The zero-order valence-corrected chi connectivity index (χ0v) is 10.8. The molecule has 2 fully saturated rings. The predicted molar refractivity (Wildman–Crippen MR) is 66.3 cm³/mol. The standard InChI is InChI=1S/C15H20O2/c1-9-4-11-8-17-14(16)12(11)5-10-6-15(2,3)7-13(9)10/h4-5,10-11,13H,6-8H2,1-3H3/t10-,11-,13+/m1/s1. The molecule has 2 aliphatic carbocycles. The molecule has 0 aromatic heterocycles. The second-order valence-corrected chi connectivity index (χ2v) is 6.58. The van der Waals surface area contributed by atoms with Gasteiger partial charge in [-0.3, -0.25) is 0 Å². The third-order valence-corrected chi connectivity index (χ3v) is 4.55. The van der Waals surface area contributed by atoms with Crippen LogP contribution < -0.4 is 0 Å². The molecule has 0 unspecified atom stereocenters. The molecule has 0 bridgehead atoms. The molecule has 92 valence electrons. The smallest absolute Gasteiger partial charge is 0.334 e. The van der Waals surface area contributed by atoms with Gasteiger partial charge in [-0.15, -0.1) is 0 Å². The first kappa shape index (κ1) is 11.1. The average molecular weight is 232 g/mol. The zero-order valence-electron chi connectivity index (χ0n) is 10.8.